The van der Waals surface area contributed by atoms with E-state index in [0.29, 0.717) is 32.3 Å². The van der Waals surface area contributed by atoms with Crippen LogP contribution in [0.25, 0.3) is 11.1 Å². The van der Waals surface area contributed by atoms with Crippen LogP contribution in [0.3, 0.4) is 0 Å². The Kier molecular flexibility index (Phi) is 11.7. The van der Waals surface area contributed by atoms with Gasteiger partial charge in [-0.15, -0.1) is 24.0 Å². The quantitative estimate of drug-likeness (QED) is 0.215. The zero-order chi connectivity index (χ0) is 21.0. The van der Waals surface area contributed by atoms with Gasteiger partial charge in [0.1, 0.15) is 12.4 Å². The first-order chi connectivity index (χ1) is 14.8. The number of halogens is 1. The summed E-state index contributed by atoms with van der Waals surface area (Å²) < 4.78 is 16.8. The van der Waals surface area contributed by atoms with Gasteiger partial charge in [0, 0.05) is 38.7 Å². The molecule has 0 bridgehead atoms. The van der Waals surface area contributed by atoms with Crippen molar-refractivity contribution in [3.05, 3.63) is 54.6 Å². The zero-order valence-electron chi connectivity index (χ0n) is 18.5. The summed E-state index contributed by atoms with van der Waals surface area (Å²) in [6.45, 7) is 5.30. The van der Waals surface area contributed by atoms with Crippen LogP contribution in [0.5, 0.6) is 5.75 Å². The maximum absolute atomic E-state index is 6.08. The minimum Gasteiger partial charge on any atom is -0.491 e. The van der Waals surface area contributed by atoms with Crippen LogP contribution in [-0.2, 0) is 9.47 Å². The Morgan fingerprint density at radius 3 is 2.61 bits per heavy atom. The highest BCUT2D eigenvalue weighted by Gasteiger charge is 2.24. The molecule has 0 amide bonds. The molecule has 2 aromatic rings. The van der Waals surface area contributed by atoms with Gasteiger partial charge in [0.2, 0.25) is 0 Å². The Bertz CT molecular complexity index is 789. The second-order valence-electron chi connectivity index (χ2n) is 7.35. The van der Waals surface area contributed by atoms with Crippen LogP contribution in [0, 0.1) is 5.92 Å². The van der Waals surface area contributed by atoms with E-state index in [-0.39, 0.29) is 24.0 Å². The van der Waals surface area contributed by atoms with E-state index in [2.05, 4.69) is 33.4 Å². The number of benzene rings is 2. The van der Waals surface area contributed by atoms with Gasteiger partial charge in [0.25, 0.3) is 0 Å². The topological polar surface area (TPSA) is 55.3 Å². The Morgan fingerprint density at radius 2 is 1.84 bits per heavy atom. The highest BCUT2D eigenvalue weighted by atomic mass is 127. The van der Waals surface area contributed by atoms with Crippen molar-refractivity contribution in [1.29, 1.82) is 0 Å². The van der Waals surface area contributed by atoms with E-state index >= 15 is 0 Å². The number of methoxy groups -OCH3 is 1. The van der Waals surface area contributed by atoms with Gasteiger partial charge in [-0.05, 0) is 18.1 Å². The van der Waals surface area contributed by atoms with Crippen LogP contribution in [0.15, 0.2) is 59.6 Å². The lowest BCUT2D eigenvalue weighted by Crippen LogP contribution is -2.41. The predicted molar refractivity (Wildman–Crippen MR) is 137 cm³/mol. The fraction of sp³-hybridized carbons (Fsp3) is 0.458. The van der Waals surface area contributed by atoms with E-state index in [4.69, 9.17) is 14.2 Å². The number of hydrogen-bond donors (Lipinski definition) is 1. The molecule has 1 heterocycles. The van der Waals surface area contributed by atoms with E-state index in [1.165, 1.54) is 0 Å². The van der Waals surface area contributed by atoms with Gasteiger partial charge in [0.15, 0.2) is 5.96 Å². The molecular weight excluding hydrogens is 505 g/mol. The number of aliphatic imine (C=N–C) groups is 1. The Morgan fingerprint density at radius 1 is 1.06 bits per heavy atom. The van der Waals surface area contributed by atoms with Gasteiger partial charge in [0.05, 0.1) is 26.4 Å². The zero-order valence-corrected chi connectivity index (χ0v) is 20.8. The third-order valence-corrected chi connectivity index (χ3v) is 5.20. The molecule has 0 spiro atoms. The number of guanidine groups is 1. The maximum atomic E-state index is 6.08. The third kappa shape index (κ3) is 7.97. The van der Waals surface area contributed by atoms with E-state index in [1.807, 2.05) is 43.4 Å². The van der Waals surface area contributed by atoms with Gasteiger partial charge in [-0.25, -0.2) is 0 Å². The van der Waals surface area contributed by atoms with Crippen molar-refractivity contribution >= 4 is 29.9 Å². The summed E-state index contributed by atoms with van der Waals surface area (Å²) in [6, 6.07) is 18.5. The molecule has 1 saturated heterocycles. The van der Waals surface area contributed by atoms with Crippen LogP contribution in [0.2, 0.25) is 0 Å². The number of likely N-dealkylation sites (tertiary alicyclic amines) is 1. The summed E-state index contributed by atoms with van der Waals surface area (Å²) in [4.78, 5) is 6.73. The lowest BCUT2D eigenvalue weighted by Gasteiger charge is -2.22. The predicted octanol–water partition coefficient (Wildman–Crippen LogP) is 3.91. The monoisotopic (exact) mass is 539 g/mol. The fourth-order valence-corrected chi connectivity index (χ4v) is 3.66. The molecule has 1 fully saturated rings. The highest BCUT2D eigenvalue weighted by molar-refractivity contribution is 14.0. The number of ether oxygens (including phenoxy) is 3. The van der Waals surface area contributed by atoms with Gasteiger partial charge in [-0.3, -0.25) is 4.99 Å². The molecular formula is C24H34IN3O3. The van der Waals surface area contributed by atoms with Gasteiger partial charge in [-0.2, -0.15) is 0 Å². The molecule has 2 aromatic carbocycles. The van der Waals surface area contributed by atoms with Crippen molar-refractivity contribution in [3.8, 4) is 16.9 Å². The van der Waals surface area contributed by atoms with Gasteiger partial charge >= 0.3 is 0 Å². The van der Waals surface area contributed by atoms with Crippen LogP contribution in [0.4, 0.5) is 0 Å². The molecule has 0 saturated carbocycles. The molecule has 1 aliphatic heterocycles. The minimum atomic E-state index is 0. The molecule has 1 aliphatic rings. The molecule has 0 aliphatic carbocycles. The van der Waals surface area contributed by atoms with E-state index < -0.39 is 0 Å². The normalized spacial score (nSPS) is 16.1. The van der Waals surface area contributed by atoms with Crippen molar-refractivity contribution < 1.29 is 14.2 Å². The van der Waals surface area contributed by atoms with Crippen LogP contribution < -0.4 is 10.1 Å². The van der Waals surface area contributed by atoms with Gasteiger partial charge in [-0.1, -0.05) is 48.5 Å². The average molecular weight is 539 g/mol. The van der Waals surface area contributed by atoms with Crippen molar-refractivity contribution in [2.75, 3.05) is 60.2 Å². The number of nitrogens with zero attached hydrogens (tertiary/aromatic N) is 2. The molecule has 1 N–H and O–H groups in total. The number of para-hydroxylation sites is 1. The molecule has 170 valence electrons. The summed E-state index contributed by atoms with van der Waals surface area (Å²) in [6.07, 6.45) is 1.12. The summed E-state index contributed by atoms with van der Waals surface area (Å²) in [5.74, 6) is 2.36. The van der Waals surface area contributed by atoms with Crippen molar-refractivity contribution in [3.63, 3.8) is 0 Å². The largest absolute Gasteiger partial charge is 0.491 e. The van der Waals surface area contributed by atoms with E-state index in [9.17, 15) is 0 Å². The average Bonchev–Trinajstić information content (AvgIpc) is 3.26. The second-order valence-corrected chi connectivity index (χ2v) is 7.35. The number of hydrogen-bond acceptors (Lipinski definition) is 4. The lowest BCUT2D eigenvalue weighted by molar-refractivity contribution is 0.0536. The van der Waals surface area contributed by atoms with Crippen LogP contribution in [0.1, 0.15) is 6.42 Å². The first-order valence-corrected chi connectivity index (χ1v) is 10.6. The Balaban J connectivity index is 0.00000341. The van der Waals surface area contributed by atoms with Crippen molar-refractivity contribution in [1.82, 2.24) is 10.2 Å². The molecule has 7 heteroatoms. The highest BCUT2D eigenvalue weighted by Crippen LogP contribution is 2.29. The fourth-order valence-electron chi connectivity index (χ4n) is 3.66. The standard InChI is InChI=1S/C24H33N3O3.HI/c1-25-24(27-14-12-20(18-27)19-29-17-16-28-2)26-13-15-30-23-11-7-6-10-22(23)21-8-4-3-5-9-21;/h3-11,20H,12-19H2,1-2H3,(H,25,26);1H. The maximum Gasteiger partial charge on any atom is 0.193 e. The Hall–Kier alpha value is -1.84. The molecule has 1 unspecified atom stereocenters. The summed E-state index contributed by atoms with van der Waals surface area (Å²) >= 11 is 0. The molecule has 6 nitrogen and oxygen atoms in total. The van der Waals surface area contributed by atoms with E-state index in [0.717, 1.165) is 49.0 Å². The molecule has 0 radical (unpaired) electrons. The minimum absolute atomic E-state index is 0. The third-order valence-electron chi connectivity index (χ3n) is 5.20. The van der Waals surface area contributed by atoms with Crippen molar-refractivity contribution in [2.45, 2.75) is 6.42 Å². The molecule has 31 heavy (non-hydrogen) atoms. The van der Waals surface area contributed by atoms with E-state index in [1.54, 1.807) is 7.11 Å². The van der Waals surface area contributed by atoms with Gasteiger partial charge < -0.3 is 24.4 Å². The van der Waals surface area contributed by atoms with Crippen LogP contribution in [-0.4, -0.2) is 71.1 Å². The summed E-state index contributed by atoms with van der Waals surface area (Å²) in [7, 11) is 3.52. The molecule has 0 aromatic heterocycles. The number of rotatable bonds is 10. The van der Waals surface area contributed by atoms with Crippen molar-refractivity contribution in [2.24, 2.45) is 10.9 Å². The first-order valence-electron chi connectivity index (χ1n) is 10.6. The number of nitrogens with one attached hydrogen (secondary N) is 1. The lowest BCUT2D eigenvalue weighted by atomic mass is 10.1. The molecule has 3 rings (SSSR count). The smallest absolute Gasteiger partial charge is 0.193 e. The second kappa shape index (κ2) is 14.3. The van der Waals surface area contributed by atoms with Crippen LogP contribution >= 0.6 is 24.0 Å². The SMILES string of the molecule is CN=C(NCCOc1ccccc1-c1ccccc1)N1CCC(COCCOC)C1.I. The first kappa shape index (κ1) is 25.4. The summed E-state index contributed by atoms with van der Waals surface area (Å²) in [5.41, 5.74) is 2.27. The molecule has 1 atom stereocenters. The summed E-state index contributed by atoms with van der Waals surface area (Å²) in [5, 5.41) is 3.43. The Labute approximate surface area is 203 Å².